The van der Waals surface area contributed by atoms with Gasteiger partial charge >= 0.3 is 0 Å². The van der Waals surface area contributed by atoms with Gasteiger partial charge in [0.15, 0.2) is 0 Å². The Morgan fingerprint density at radius 1 is 0.259 bits per heavy atom. The highest BCUT2D eigenvalue weighted by molar-refractivity contribution is 6.21. The summed E-state index contributed by atoms with van der Waals surface area (Å²) in [5.74, 6) is 0. The number of para-hydroxylation sites is 3. The summed E-state index contributed by atoms with van der Waals surface area (Å²) in [4.78, 5) is 4.82. The first-order chi connectivity index (χ1) is 39.6. The highest BCUT2D eigenvalue weighted by Crippen LogP contribution is 2.59. The van der Waals surface area contributed by atoms with Crippen molar-refractivity contribution in [3.05, 3.63) is 289 Å². The summed E-state index contributed by atoms with van der Waals surface area (Å²) < 4.78 is 0. The Hall–Kier alpha value is -9.76. The van der Waals surface area contributed by atoms with E-state index in [1.54, 1.807) is 0 Å². The largest absolute Gasteiger partial charge is 0.310 e. The van der Waals surface area contributed by atoms with Gasteiger partial charge in [0.05, 0.1) is 0 Å². The molecule has 2 heteroatoms. The van der Waals surface area contributed by atoms with Crippen LogP contribution in [0, 0.1) is 6.92 Å². The zero-order chi connectivity index (χ0) is 54.3. The van der Waals surface area contributed by atoms with Crippen LogP contribution in [0.5, 0.6) is 0 Å². The van der Waals surface area contributed by atoms with Crippen LogP contribution in [0.4, 0.5) is 34.1 Å². The van der Waals surface area contributed by atoms with Crippen molar-refractivity contribution in [3.8, 4) is 33.4 Å². The van der Waals surface area contributed by atoms with Crippen LogP contribution in [0.2, 0.25) is 0 Å². The van der Waals surface area contributed by atoms with Crippen molar-refractivity contribution in [1.29, 1.82) is 0 Å². The third-order valence-corrected chi connectivity index (χ3v) is 18.3. The topological polar surface area (TPSA) is 6.48 Å². The van der Waals surface area contributed by atoms with Crippen LogP contribution >= 0.6 is 0 Å². The first kappa shape index (κ1) is 47.3. The highest BCUT2D eigenvalue weighted by Gasteiger charge is 2.41. The molecule has 2 aliphatic carbocycles. The van der Waals surface area contributed by atoms with Crippen molar-refractivity contribution in [2.24, 2.45) is 0 Å². The van der Waals surface area contributed by atoms with Gasteiger partial charge in [-0.2, -0.15) is 0 Å². The number of benzene rings is 14. The minimum absolute atomic E-state index is 0.208. The van der Waals surface area contributed by atoms with Crippen molar-refractivity contribution < 1.29 is 0 Å². The second kappa shape index (κ2) is 17.6. The molecule has 0 N–H and O–H groups in total. The van der Waals surface area contributed by atoms with Crippen LogP contribution in [0.3, 0.4) is 0 Å². The Kier molecular flexibility index (Phi) is 10.3. The van der Waals surface area contributed by atoms with Crippen LogP contribution in [-0.2, 0) is 10.8 Å². The number of hydrogen-bond donors (Lipinski definition) is 0. The van der Waals surface area contributed by atoms with Gasteiger partial charge in [0.2, 0.25) is 0 Å². The Morgan fingerprint density at radius 2 is 0.679 bits per heavy atom. The maximum Gasteiger partial charge on any atom is 0.0490 e. The molecule has 0 saturated carbocycles. The SMILES string of the molecule is Cc1ccccc1N(c1ccccc1)c1ccc2c3c(ccc2c1)-c1c(c2ccc(-c4cccc(N(c5ccccc5)c5ccc6c7c(ccc6c5)-c5c(c6ccccc6c6ccccc56)C7(C)C)c4)cc2c2ccccc12)C3(C)C. The smallest absolute Gasteiger partial charge is 0.0490 e. The van der Waals surface area contributed by atoms with Gasteiger partial charge in [-0.1, -0.05) is 216 Å². The first-order valence-corrected chi connectivity index (χ1v) is 28.6. The molecular weight excluding hydrogens is 977 g/mol. The zero-order valence-corrected chi connectivity index (χ0v) is 46.2. The summed E-state index contributed by atoms with van der Waals surface area (Å²) in [5.41, 5.74) is 21.0. The molecule has 0 heterocycles. The summed E-state index contributed by atoms with van der Waals surface area (Å²) in [6.45, 7) is 12.0. The first-order valence-electron chi connectivity index (χ1n) is 28.6. The summed E-state index contributed by atoms with van der Waals surface area (Å²) >= 11 is 0. The van der Waals surface area contributed by atoms with E-state index in [0.717, 1.165) is 28.4 Å². The van der Waals surface area contributed by atoms with Gasteiger partial charge in [-0.3, -0.25) is 0 Å². The van der Waals surface area contributed by atoms with E-state index in [9.17, 15) is 0 Å². The molecule has 0 radical (unpaired) electrons. The van der Waals surface area contributed by atoms with Gasteiger partial charge < -0.3 is 9.80 Å². The molecule has 384 valence electrons. The quantitative estimate of drug-likeness (QED) is 0.147. The lowest BCUT2D eigenvalue weighted by molar-refractivity contribution is 0.672. The highest BCUT2D eigenvalue weighted by atomic mass is 15.1. The number of aryl methyl sites for hydroxylation is 1. The predicted octanol–water partition coefficient (Wildman–Crippen LogP) is 22.1. The number of hydrogen-bond acceptors (Lipinski definition) is 2. The fourth-order valence-corrected chi connectivity index (χ4v) is 15.0. The Bertz CT molecular complexity index is 4950. The van der Waals surface area contributed by atoms with Crippen molar-refractivity contribution in [2.45, 2.75) is 45.4 Å². The van der Waals surface area contributed by atoms with E-state index >= 15 is 0 Å². The second-order valence-corrected chi connectivity index (χ2v) is 23.6. The van der Waals surface area contributed by atoms with Gasteiger partial charge in [0, 0.05) is 45.0 Å². The van der Waals surface area contributed by atoms with Gasteiger partial charge in [0.1, 0.15) is 0 Å². The fourth-order valence-electron chi connectivity index (χ4n) is 15.0. The van der Waals surface area contributed by atoms with E-state index in [1.807, 2.05) is 0 Å². The molecule has 14 aromatic rings. The molecule has 0 aromatic heterocycles. The van der Waals surface area contributed by atoms with Gasteiger partial charge in [-0.25, -0.2) is 0 Å². The summed E-state index contributed by atoms with van der Waals surface area (Å²) in [7, 11) is 0. The Balaban J connectivity index is 0.801. The zero-order valence-electron chi connectivity index (χ0n) is 46.2. The molecule has 16 rings (SSSR count). The molecule has 0 atom stereocenters. The molecule has 0 saturated heterocycles. The van der Waals surface area contributed by atoms with Crippen LogP contribution in [0.1, 0.15) is 55.5 Å². The van der Waals surface area contributed by atoms with E-state index in [-0.39, 0.29) is 10.8 Å². The standard InChI is InChI=1S/C79H58N2/c1-49-21-12-19-34-71(49)81(55-25-10-7-11-26-55)58-39-44-60-53(47-58)37-42-69-73-65-32-17-14-30-63(65)70-48-51(35-40-67(70)77(73)79(4,5)75(60)69)50-22-20-27-56(45-50)80(54-23-8-6-9-24-54)57-38-43-59-52(46-57)36-41-68-72-64-31-16-13-28-61(64)62-29-15-18-33-66(62)76(72)78(2,3)74(59)68/h6-48H,1-5H3. The van der Waals surface area contributed by atoms with Crippen LogP contribution < -0.4 is 9.80 Å². The Morgan fingerprint density at radius 3 is 1.26 bits per heavy atom. The number of anilines is 6. The maximum absolute atomic E-state index is 2.46. The molecule has 0 bridgehead atoms. The summed E-state index contributed by atoms with van der Waals surface area (Å²) in [6.07, 6.45) is 0. The molecule has 2 aliphatic rings. The number of fused-ring (bicyclic) bond motifs is 20. The lowest BCUT2D eigenvalue weighted by Crippen LogP contribution is -2.16. The third kappa shape index (κ3) is 6.93. The van der Waals surface area contributed by atoms with E-state index in [0.29, 0.717) is 0 Å². The van der Waals surface area contributed by atoms with Gasteiger partial charge in [-0.15, -0.1) is 0 Å². The molecule has 0 spiro atoms. The summed E-state index contributed by atoms with van der Waals surface area (Å²) in [6, 6.07) is 97.5. The van der Waals surface area contributed by atoms with Crippen LogP contribution in [0.25, 0.3) is 98.0 Å². The average Bonchev–Trinajstić information content (AvgIpc) is 2.56. The molecule has 2 nitrogen and oxygen atoms in total. The van der Waals surface area contributed by atoms with Gasteiger partial charge in [0.25, 0.3) is 0 Å². The normalized spacial score (nSPS) is 13.7. The lowest BCUT2D eigenvalue weighted by atomic mass is 9.77. The van der Waals surface area contributed by atoms with Crippen LogP contribution in [-0.4, -0.2) is 0 Å². The predicted molar refractivity (Wildman–Crippen MR) is 346 cm³/mol. The molecular formula is C79H58N2. The number of nitrogens with zero attached hydrogens (tertiary/aromatic N) is 2. The molecule has 81 heavy (non-hydrogen) atoms. The monoisotopic (exact) mass is 1030 g/mol. The van der Waals surface area contributed by atoms with Crippen molar-refractivity contribution in [3.63, 3.8) is 0 Å². The molecule has 14 aromatic carbocycles. The van der Waals surface area contributed by atoms with Crippen molar-refractivity contribution in [2.75, 3.05) is 9.80 Å². The minimum Gasteiger partial charge on any atom is -0.310 e. The van der Waals surface area contributed by atoms with Crippen molar-refractivity contribution >= 4 is 98.8 Å². The summed E-state index contributed by atoms with van der Waals surface area (Å²) in [5, 5.41) is 15.6. The van der Waals surface area contributed by atoms with E-state index < -0.39 is 0 Å². The minimum atomic E-state index is -0.275. The molecule has 0 aliphatic heterocycles. The fraction of sp³-hybridized carbons (Fsp3) is 0.0886. The Labute approximate surface area is 473 Å². The van der Waals surface area contributed by atoms with Crippen LogP contribution in [0.15, 0.2) is 261 Å². The average molecular weight is 1040 g/mol. The maximum atomic E-state index is 2.46. The molecule has 0 amide bonds. The lowest BCUT2D eigenvalue weighted by Gasteiger charge is -2.28. The molecule has 0 unspecified atom stereocenters. The van der Waals surface area contributed by atoms with Gasteiger partial charge in [-0.05, 0) is 206 Å². The number of rotatable bonds is 7. The van der Waals surface area contributed by atoms with E-state index in [1.165, 1.54) is 132 Å². The second-order valence-electron chi connectivity index (χ2n) is 23.6. The van der Waals surface area contributed by atoms with E-state index in [4.69, 9.17) is 0 Å². The molecule has 0 fully saturated rings. The third-order valence-electron chi connectivity index (χ3n) is 18.3. The van der Waals surface area contributed by atoms with Crippen molar-refractivity contribution in [1.82, 2.24) is 0 Å². The van der Waals surface area contributed by atoms with E-state index in [2.05, 4.69) is 305 Å².